The Morgan fingerprint density at radius 1 is 1.47 bits per heavy atom. The molecule has 0 bridgehead atoms. The van der Waals surface area contributed by atoms with Gasteiger partial charge in [-0.2, -0.15) is 0 Å². The van der Waals surface area contributed by atoms with Crippen molar-refractivity contribution in [3.63, 3.8) is 0 Å². The smallest absolute Gasteiger partial charge is 0.410 e. The summed E-state index contributed by atoms with van der Waals surface area (Å²) in [5.74, 6) is 0. The second-order valence-electron chi connectivity index (χ2n) is 4.05. The Morgan fingerprint density at radius 2 is 2.18 bits per heavy atom. The van der Waals surface area contributed by atoms with Crippen molar-refractivity contribution >= 4 is 6.09 Å². The SMILES string of the molecule is C=C1CN(C(=O)OCc2ccccc2)CC1F. The number of benzene rings is 1. The fourth-order valence-electron chi connectivity index (χ4n) is 1.68. The van der Waals surface area contributed by atoms with Crippen LogP contribution in [0.3, 0.4) is 0 Å². The molecule has 0 aromatic heterocycles. The Hall–Kier alpha value is -1.84. The van der Waals surface area contributed by atoms with Gasteiger partial charge in [-0.1, -0.05) is 36.9 Å². The lowest BCUT2D eigenvalue weighted by Crippen LogP contribution is -2.29. The molecular weight excluding hydrogens is 221 g/mol. The molecule has 1 amide bonds. The van der Waals surface area contributed by atoms with Crippen LogP contribution in [0.1, 0.15) is 5.56 Å². The maximum absolute atomic E-state index is 13.1. The number of hydrogen-bond donors (Lipinski definition) is 0. The van der Waals surface area contributed by atoms with Gasteiger partial charge in [-0.25, -0.2) is 9.18 Å². The van der Waals surface area contributed by atoms with Crippen LogP contribution in [0.5, 0.6) is 0 Å². The molecule has 1 aromatic carbocycles. The Balaban J connectivity index is 1.84. The van der Waals surface area contributed by atoms with Crippen molar-refractivity contribution in [1.29, 1.82) is 0 Å². The summed E-state index contributed by atoms with van der Waals surface area (Å²) in [7, 11) is 0. The first-order valence-electron chi connectivity index (χ1n) is 5.44. The minimum atomic E-state index is -1.13. The third-order valence-corrected chi connectivity index (χ3v) is 2.68. The highest BCUT2D eigenvalue weighted by molar-refractivity contribution is 5.69. The largest absolute Gasteiger partial charge is 0.445 e. The average Bonchev–Trinajstić information content (AvgIpc) is 2.68. The van der Waals surface area contributed by atoms with Gasteiger partial charge in [-0.05, 0) is 11.1 Å². The van der Waals surface area contributed by atoms with Crippen LogP contribution >= 0.6 is 0 Å². The van der Waals surface area contributed by atoms with Crippen LogP contribution in [-0.4, -0.2) is 30.3 Å². The van der Waals surface area contributed by atoms with Crippen molar-refractivity contribution in [2.75, 3.05) is 13.1 Å². The Morgan fingerprint density at radius 3 is 2.76 bits per heavy atom. The molecule has 1 fully saturated rings. The number of amides is 1. The zero-order chi connectivity index (χ0) is 12.3. The van der Waals surface area contributed by atoms with Gasteiger partial charge in [0.05, 0.1) is 6.54 Å². The molecule has 3 nitrogen and oxygen atoms in total. The Bertz CT molecular complexity index is 419. The molecule has 1 aliphatic rings. The number of nitrogens with zero attached hydrogens (tertiary/aromatic N) is 1. The number of carbonyl (C=O) groups is 1. The molecule has 4 heteroatoms. The lowest BCUT2D eigenvalue weighted by molar-refractivity contribution is 0.102. The van der Waals surface area contributed by atoms with Crippen LogP contribution in [0.25, 0.3) is 0 Å². The fraction of sp³-hybridized carbons (Fsp3) is 0.308. The van der Waals surface area contributed by atoms with Gasteiger partial charge < -0.3 is 9.64 Å². The molecule has 17 heavy (non-hydrogen) atoms. The van der Waals surface area contributed by atoms with E-state index in [1.165, 1.54) is 4.90 Å². The Labute approximate surface area is 99.5 Å². The summed E-state index contributed by atoms with van der Waals surface area (Å²) in [6, 6.07) is 9.38. The van der Waals surface area contributed by atoms with E-state index in [1.54, 1.807) is 0 Å². The van der Waals surface area contributed by atoms with Crippen LogP contribution in [0.4, 0.5) is 9.18 Å². The van der Waals surface area contributed by atoms with Gasteiger partial charge in [-0.15, -0.1) is 0 Å². The van der Waals surface area contributed by atoms with Crippen LogP contribution in [0.15, 0.2) is 42.5 Å². The summed E-state index contributed by atoms with van der Waals surface area (Å²) >= 11 is 0. The van der Waals surface area contributed by atoms with Gasteiger partial charge in [0.15, 0.2) is 0 Å². The number of ether oxygens (including phenoxy) is 1. The first kappa shape index (κ1) is 11.6. The van der Waals surface area contributed by atoms with Crippen molar-refractivity contribution in [3.8, 4) is 0 Å². The van der Waals surface area contributed by atoms with E-state index in [-0.39, 0.29) is 19.7 Å². The highest BCUT2D eigenvalue weighted by Crippen LogP contribution is 2.18. The minimum absolute atomic E-state index is 0.0481. The summed E-state index contributed by atoms with van der Waals surface area (Å²) in [5.41, 5.74) is 1.34. The standard InChI is InChI=1S/C13H14FNO2/c1-10-7-15(8-12(10)14)13(16)17-9-11-5-3-2-4-6-11/h2-6,12H,1,7-9H2. The van der Waals surface area contributed by atoms with Crippen molar-refractivity contribution in [2.45, 2.75) is 12.8 Å². The minimum Gasteiger partial charge on any atom is -0.445 e. The normalized spacial score (nSPS) is 19.5. The van der Waals surface area contributed by atoms with Crippen molar-refractivity contribution < 1.29 is 13.9 Å². The lowest BCUT2D eigenvalue weighted by atomic mass is 10.2. The molecule has 0 aliphatic carbocycles. The van der Waals surface area contributed by atoms with E-state index in [4.69, 9.17) is 4.74 Å². The lowest BCUT2D eigenvalue weighted by Gasteiger charge is -2.14. The van der Waals surface area contributed by atoms with Crippen LogP contribution in [0.2, 0.25) is 0 Å². The average molecular weight is 235 g/mol. The van der Waals surface area contributed by atoms with Crippen molar-refractivity contribution in [2.24, 2.45) is 0 Å². The van der Waals surface area contributed by atoms with E-state index >= 15 is 0 Å². The summed E-state index contributed by atoms with van der Waals surface area (Å²) in [6.07, 6.45) is -1.62. The van der Waals surface area contributed by atoms with Gasteiger partial charge in [0.1, 0.15) is 12.8 Å². The molecular formula is C13H14FNO2. The molecule has 1 saturated heterocycles. The number of hydrogen-bond acceptors (Lipinski definition) is 2. The van der Waals surface area contributed by atoms with E-state index < -0.39 is 12.3 Å². The van der Waals surface area contributed by atoms with E-state index in [2.05, 4.69) is 6.58 Å². The summed E-state index contributed by atoms with van der Waals surface area (Å²) in [6.45, 7) is 4.06. The maximum atomic E-state index is 13.1. The second kappa shape index (κ2) is 4.99. The third kappa shape index (κ3) is 2.84. The predicted octanol–water partition coefficient (Wildman–Crippen LogP) is 2.53. The number of alkyl halides is 1. The molecule has 1 unspecified atom stereocenters. The van der Waals surface area contributed by atoms with Crippen LogP contribution in [-0.2, 0) is 11.3 Å². The molecule has 1 atom stereocenters. The van der Waals surface area contributed by atoms with Gasteiger partial charge in [0.2, 0.25) is 0 Å². The molecule has 0 saturated carbocycles. The Kier molecular flexibility index (Phi) is 3.42. The number of rotatable bonds is 2. The zero-order valence-corrected chi connectivity index (χ0v) is 9.43. The molecule has 90 valence electrons. The highest BCUT2D eigenvalue weighted by atomic mass is 19.1. The second-order valence-corrected chi connectivity index (χ2v) is 4.05. The third-order valence-electron chi connectivity index (χ3n) is 2.68. The molecule has 2 rings (SSSR count). The maximum Gasteiger partial charge on any atom is 0.410 e. The van der Waals surface area contributed by atoms with Crippen LogP contribution in [0, 0.1) is 0 Å². The van der Waals surface area contributed by atoms with Gasteiger partial charge >= 0.3 is 6.09 Å². The van der Waals surface area contributed by atoms with Crippen molar-refractivity contribution in [1.82, 2.24) is 4.90 Å². The molecule has 1 aromatic rings. The number of carbonyl (C=O) groups excluding carboxylic acids is 1. The quantitative estimate of drug-likeness (QED) is 0.737. The molecule has 1 heterocycles. The van der Waals surface area contributed by atoms with Crippen LogP contribution < -0.4 is 0 Å². The molecule has 1 aliphatic heterocycles. The van der Waals surface area contributed by atoms with Crippen molar-refractivity contribution in [3.05, 3.63) is 48.0 Å². The molecule has 0 N–H and O–H groups in total. The highest BCUT2D eigenvalue weighted by Gasteiger charge is 2.29. The van der Waals surface area contributed by atoms with Gasteiger partial charge in [-0.3, -0.25) is 0 Å². The zero-order valence-electron chi connectivity index (χ0n) is 9.43. The van der Waals surface area contributed by atoms with Gasteiger partial charge in [0.25, 0.3) is 0 Å². The monoisotopic (exact) mass is 235 g/mol. The summed E-state index contributed by atoms with van der Waals surface area (Å²) in [4.78, 5) is 12.9. The van der Waals surface area contributed by atoms with E-state index in [1.807, 2.05) is 30.3 Å². The van der Waals surface area contributed by atoms with E-state index in [0.717, 1.165) is 5.56 Å². The first-order chi connectivity index (χ1) is 8.16. The molecule has 0 spiro atoms. The summed E-state index contributed by atoms with van der Waals surface area (Å²) in [5, 5.41) is 0. The predicted molar refractivity (Wildman–Crippen MR) is 62.2 cm³/mol. The van der Waals surface area contributed by atoms with E-state index in [0.29, 0.717) is 5.57 Å². The van der Waals surface area contributed by atoms with Gasteiger partial charge in [0, 0.05) is 6.54 Å². The topological polar surface area (TPSA) is 29.5 Å². The number of likely N-dealkylation sites (tertiary alicyclic amines) is 1. The fourth-order valence-corrected chi connectivity index (χ4v) is 1.68. The van der Waals surface area contributed by atoms with E-state index in [9.17, 15) is 9.18 Å². The number of halogens is 1. The summed E-state index contributed by atoms with van der Waals surface area (Å²) < 4.78 is 18.2. The molecule has 0 radical (unpaired) electrons. The first-order valence-corrected chi connectivity index (χ1v) is 5.44.